The van der Waals surface area contributed by atoms with Crippen LogP contribution in [0.25, 0.3) is 16.9 Å². The molecule has 0 aliphatic carbocycles. The van der Waals surface area contributed by atoms with E-state index in [0.29, 0.717) is 0 Å². The predicted octanol–water partition coefficient (Wildman–Crippen LogP) is 4.58. The third kappa shape index (κ3) is 2.24. The number of aromatic nitrogens is 2. The second kappa shape index (κ2) is 5.29. The quantitative estimate of drug-likeness (QED) is 0.730. The molecule has 0 radical (unpaired) electrons. The summed E-state index contributed by atoms with van der Waals surface area (Å²) in [5.41, 5.74) is 5.91. The van der Waals surface area contributed by atoms with Crippen molar-refractivity contribution >= 4 is 21.7 Å². The SMILES string of the molecule is Cc1ccc(-c2nn(-c3cccc(Br)c3)c3c2CCN3)cc1. The molecule has 2 heterocycles. The summed E-state index contributed by atoms with van der Waals surface area (Å²) in [6.45, 7) is 3.08. The minimum atomic E-state index is 0.972. The third-order valence-corrected chi connectivity index (χ3v) is 4.52. The zero-order valence-corrected chi connectivity index (χ0v) is 13.9. The summed E-state index contributed by atoms with van der Waals surface area (Å²) in [5, 5.41) is 8.35. The van der Waals surface area contributed by atoms with Crippen molar-refractivity contribution in [1.82, 2.24) is 9.78 Å². The highest BCUT2D eigenvalue weighted by Crippen LogP contribution is 2.34. The van der Waals surface area contributed by atoms with Gasteiger partial charge in [-0.05, 0) is 31.5 Å². The Bertz CT molecular complexity index is 834. The first-order chi connectivity index (χ1) is 10.7. The van der Waals surface area contributed by atoms with Crippen molar-refractivity contribution in [3.8, 4) is 16.9 Å². The highest BCUT2D eigenvalue weighted by atomic mass is 79.9. The molecule has 3 nitrogen and oxygen atoms in total. The molecule has 1 aromatic heterocycles. The maximum Gasteiger partial charge on any atom is 0.133 e. The molecular weight excluding hydrogens is 338 g/mol. The fraction of sp³-hybridized carbons (Fsp3) is 0.167. The summed E-state index contributed by atoms with van der Waals surface area (Å²) in [6.07, 6.45) is 1.02. The fourth-order valence-electron chi connectivity index (χ4n) is 2.91. The summed E-state index contributed by atoms with van der Waals surface area (Å²) >= 11 is 3.54. The number of hydrogen-bond donors (Lipinski definition) is 1. The van der Waals surface area contributed by atoms with E-state index in [9.17, 15) is 0 Å². The summed E-state index contributed by atoms with van der Waals surface area (Å²) in [6, 6.07) is 16.8. The van der Waals surface area contributed by atoms with Crippen LogP contribution in [-0.2, 0) is 6.42 Å². The lowest BCUT2D eigenvalue weighted by Gasteiger charge is -2.06. The van der Waals surface area contributed by atoms with Crippen molar-refractivity contribution in [3.63, 3.8) is 0 Å². The van der Waals surface area contributed by atoms with Crippen molar-refractivity contribution in [1.29, 1.82) is 0 Å². The Balaban J connectivity index is 1.88. The van der Waals surface area contributed by atoms with Gasteiger partial charge in [0, 0.05) is 22.1 Å². The number of halogens is 1. The zero-order valence-electron chi connectivity index (χ0n) is 12.3. The normalized spacial score (nSPS) is 13.0. The molecule has 0 saturated heterocycles. The Labute approximate surface area is 138 Å². The number of hydrogen-bond acceptors (Lipinski definition) is 2. The number of anilines is 1. The molecule has 0 fully saturated rings. The lowest BCUT2D eigenvalue weighted by atomic mass is 10.1. The van der Waals surface area contributed by atoms with Gasteiger partial charge in [-0.1, -0.05) is 51.8 Å². The van der Waals surface area contributed by atoms with Gasteiger partial charge in [0.15, 0.2) is 0 Å². The Hall–Kier alpha value is -2.07. The van der Waals surface area contributed by atoms with Crippen molar-refractivity contribution in [2.75, 3.05) is 11.9 Å². The first kappa shape index (κ1) is 13.6. The minimum absolute atomic E-state index is 0.972. The third-order valence-electron chi connectivity index (χ3n) is 4.03. The predicted molar refractivity (Wildman–Crippen MR) is 93.6 cm³/mol. The second-order valence-corrected chi connectivity index (χ2v) is 6.53. The highest BCUT2D eigenvalue weighted by Gasteiger charge is 2.23. The van der Waals surface area contributed by atoms with Gasteiger partial charge in [-0.3, -0.25) is 0 Å². The summed E-state index contributed by atoms with van der Waals surface area (Å²) in [5.74, 6) is 1.12. The maximum atomic E-state index is 4.88. The van der Waals surface area contributed by atoms with Gasteiger partial charge in [-0.15, -0.1) is 0 Å². The number of rotatable bonds is 2. The van der Waals surface area contributed by atoms with Gasteiger partial charge >= 0.3 is 0 Å². The van der Waals surface area contributed by atoms with Gasteiger partial charge in [0.05, 0.1) is 11.4 Å². The first-order valence-electron chi connectivity index (χ1n) is 7.41. The van der Waals surface area contributed by atoms with Crippen LogP contribution >= 0.6 is 15.9 Å². The van der Waals surface area contributed by atoms with E-state index in [-0.39, 0.29) is 0 Å². The monoisotopic (exact) mass is 353 g/mol. The van der Waals surface area contributed by atoms with Crippen LogP contribution in [-0.4, -0.2) is 16.3 Å². The molecule has 4 heteroatoms. The molecular formula is C18H16BrN3. The Morgan fingerprint density at radius 2 is 1.95 bits per heavy atom. The van der Waals surface area contributed by atoms with E-state index in [1.54, 1.807) is 0 Å². The molecule has 1 N–H and O–H groups in total. The topological polar surface area (TPSA) is 29.9 Å². The molecule has 110 valence electrons. The minimum Gasteiger partial charge on any atom is -0.369 e. The smallest absolute Gasteiger partial charge is 0.133 e. The van der Waals surface area contributed by atoms with Crippen LogP contribution in [0, 0.1) is 6.92 Å². The zero-order chi connectivity index (χ0) is 15.1. The van der Waals surface area contributed by atoms with Crippen molar-refractivity contribution < 1.29 is 0 Å². The Kier molecular flexibility index (Phi) is 3.26. The summed E-state index contributed by atoms with van der Waals surface area (Å²) in [4.78, 5) is 0. The van der Waals surface area contributed by atoms with E-state index in [2.05, 4.69) is 64.6 Å². The number of fused-ring (bicyclic) bond motifs is 1. The standard InChI is InChI=1S/C18H16BrN3/c1-12-5-7-13(8-6-12)17-16-9-10-20-18(16)22(21-17)15-4-2-3-14(19)11-15/h2-8,11,20H,9-10H2,1H3. The molecule has 22 heavy (non-hydrogen) atoms. The molecule has 0 amide bonds. The number of benzene rings is 2. The summed E-state index contributed by atoms with van der Waals surface area (Å²) in [7, 11) is 0. The number of nitrogens with one attached hydrogen (secondary N) is 1. The summed E-state index contributed by atoms with van der Waals surface area (Å²) < 4.78 is 3.08. The van der Waals surface area contributed by atoms with Crippen LogP contribution in [0.2, 0.25) is 0 Å². The van der Waals surface area contributed by atoms with E-state index in [4.69, 9.17) is 5.10 Å². The molecule has 1 aliphatic heterocycles. The van der Waals surface area contributed by atoms with Gasteiger partial charge in [-0.2, -0.15) is 5.10 Å². The van der Waals surface area contributed by atoms with E-state index in [1.165, 1.54) is 16.7 Å². The van der Waals surface area contributed by atoms with Gasteiger partial charge in [0.1, 0.15) is 5.82 Å². The molecule has 3 aromatic rings. The number of aryl methyl sites for hydroxylation is 1. The Morgan fingerprint density at radius 1 is 1.14 bits per heavy atom. The van der Waals surface area contributed by atoms with Crippen LogP contribution in [0.4, 0.5) is 5.82 Å². The van der Waals surface area contributed by atoms with Gasteiger partial charge in [0.25, 0.3) is 0 Å². The molecule has 4 rings (SSSR count). The lowest BCUT2D eigenvalue weighted by molar-refractivity contribution is 0.882. The average Bonchev–Trinajstić information content (AvgIpc) is 3.10. The molecule has 2 aromatic carbocycles. The van der Waals surface area contributed by atoms with Crippen LogP contribution in [0.15, 0.2) is 53.0 Å². The van der Waals surface area contributed by atoms with Crippen molar-refractivity contribution in [3.05, 3.63) is 64.1 Å². The van der Waals surface area contributed by atoms with Gasteiger partial charge < -0.3 is 5.32 Å². The van der Waals surface area contributed by atoms with Crippen LogP contribution in [0.3, 0.4) is 0 Å². The van der Waals surface area contributed by atoms with Crippen LogP contribution < -0.4 is 5.32 Å². The van der Waals surface area contributed by atoms with Gasteiger partial charge in [-0.25, -0.2) is 4.68 Å². The van der Waals surface area contributed by atoms with Crippen molar-refractivity contribution in [2.24, 2.45) is 0 Å². The first-order valence-corrected chi connectivity index (χ1v) is 8.20. The lowest BCUT2D eigenvalue weighted by Crippen LogP contribution is -2.04. The number of nitrogens with zero attached hydrogens (tertiary/aromatic N) is 2. The van der Waals surface area contributed by atoms with E-state index < -0.39 is 0 Å². The Morgan fingerprint density at radius 3 is 2.73 bits per heavy atom. The molecule has 0 spiro atoms. The molecule has 1 aliphatic rings. The molecule has 0 bridgehead atoms. The van der Waals surface area contributed by atoms with Gasteiger partial charge in [0.2, 0.25) is 0 Å². The van der Waals surface area contributed by atoms with E-state index in [1.807, 2.05) is 16.8 Å². The largest absolute Gasteiger partial charge is 0.369 e. The maximum absolute atomic E-state index is 4.88. The molecule has 0 saturated carbocycles. The van der Waals surface area contributed by atoms with Crippen LogP contribution in [0.1, 0.15) is 11.1 Å². The fourth-order valence-corrected chi connectivity index (χ4v) is 3.30. The highest BCUT2D eigenvalue weighted by molar-refractivity contribution is 9.10. The van der Waals surface area contributed by atoms with Crippen LogP contribution in [0.5, 0.6) is 0 Å². The average molecular weight is 354 g/mol. The molecule has 0 atom stereocenters. The molecule has 0 unspecified atom stereocenters. The van der Waals surface area contributed by atoms with E-state index >= 15 is 0 Å². The van der Waals surface area contributed by atoms with Crippen molar-refractivity contribution in [2.45, 2.75) is 13.3 Å². The van der Waals surface area contributed by atoms with E-state index in [0.717, 1.165) is 34.6 Å². The second-order valence-electron chi connectivity index (χ2n) is 5.61.